The van der Waals surface area contributed by atoms with Crippen molar-refractivity contribution in [2.24, 2.45) is 0 Å². The Morgan fingerprint density at radius 1 is 0.515 bits per heavy atom. The quantitative estimate of drug-likeness (QED) is 0.101. The van der Waals surface area contributed by atoms with E-state index in [1.807, 2.05) is 0 Å². The molecule has 11 nitrogen and oxygen atoms in total. The Bertz CT molecular complexity index is 362. The number of carboxylic acids is 2. The van der Waals surface area contributed by atoms with Crippen molar-refractivity contribution in [3.63, 3.8) is 0 Å². The van der Waals surface area contributed by atoms with E-state index in [1.165, 1.54) is 0 Å². The van der Waals surface area contributed by atoms with E-state index in [-0.39, 0.29) is 45.9 Å². The van der Waals surface area contributed by atoms with Crippen molar-refractivity contribution in [1.82, 2.24) is 10.2 Å². The first-order valence-corrected chi connectivity index (χ1v) is 11.8. The molecule has 0 amide bonds. The van der Waals surface area contributed by atoms with E-state index in [2.05, 4.69) is 5.32 Å². The fourth-order valence-electron chi connectivity index (χ4n) is 2.66. The second-order valence-corrected chi connectivity index (χ2v) is 7.33. The van der Waals surface area contributed by atoms with Gasteiger partial charge in [0.05, 0.1) is 33.0 Å². The summed E-state index contributed by atoms with van der Waals surface area (Å²) in [7, 11) is 0. The monoisotopic (exact) mass is 484 g/mol. The number of aliphatic hydroxyl groups excluding tert-OH is 5. The molecule has 0 aromatic heterocycles. The lowest BCUT2D eigenvalue weighted by Crippen LogP contribution is -2.32. The van der Waals surface area contributed by atoms with E-state index in [0.29, 0.717) is 32.7 Å². The van der Waals surface area contributed by atoms with Crippen LogP contribution in [0.5, 0.6) is 0 Å². The van der Waals surface area contributed by atoms with Crippen LogP contribution in [0.25, 0.3) is 0 Å². The number of nitrogens with zero attached hydrogens (tertiary/aromatic N) is 1. The molecule has 0 radical (unpaired) electrons. The minimum absolute atomic E-state index is 0.0694. The van der Waals surface area contributed by atoms with Gasteiger partial charge in [0.1, 0.15) is 0 Å². The smallest absolute Gasteiger partial charge is 0.303 e. The third-order valence-electron chi connectivity index (χ3n) is 4.36. The number of unbranched alkanes of at least 4 members (excludes halogenated alkanes) is 7. The summed E-state index contributed by atoms with van der Waals surface area (Å²) < 4.78 is 0. The summed E-state index contributed by atoms with van der Waals surface area (Å²) in [4.78, 5) is 22.2. The molecule has 0 atom stereocenters. The highest BCUT2D eigenvalue weighted by Gasteiger charge is 2.00. The Morgan fingerprint density at radius 2 is 0.818 bits per heavy atom. The lowest BCUT2D eigenvalue weighted by Gasteiger charge is -2.17. The first-order chi connectivity index (χ1) is 15.9. The first kappa shape index (κ1) is 36.2. The predicted molar refractivity (Wildman–Crippen MR) is 126 cm³/mol. The van der Waals surface area contributed by atoms with Gasteiger partial charge in [-0.15, -0.1) is 0 Å². The molecular weight excluding hydrogens is 436 g/mol. The third kappa shape index (κ3) is 41.4. The summed E-state index contributed by atoms with van der Waals surface area (Å²) in [5.41, 5.74) is 0. The average molecular weight is 485 g/mol. The normalized spacial score (nSPS) is 10.2. The van der Waals surface area contributed by atoms with Gasteiger partial charge in [-0.2, -0.15) is 0 Å². The highest BCUT2D eigenvalue weighted by Crippen LogP contribution is 2.10. The summed E-state index contributed by atoms with van der Waals surface area (Å²) in [5, 5.41) is 61.4. The Hall–Kier alpha value is -1.34. The van der Waals surface area contributed by atoms with Crippen LogP contribution in [-0.4, -0.2) is 118 Å². The van der Waals surface area contributed by atoms with Crippen molar-refractivity contribution < 1.29 is 45.3 Å². The van der Waals surface area contributed by atoms with Gasteiger partial charge >= 0.3 is 11.9 Å². The van der Waals surface area contributed by atoms with Crippen molar-refractivity contribution in [2.45, 2.75) is 64.2 Å². The number of carbonyl (C=O) groups is 2. The van der Waals surface area contributed by atoms with Crippen molar-refractivity contribution in [3.05, 3.63) is 0 Å². The van der Waals surface area contributed by atoms with Crippen LogP contribution in [0.1, 0.15) is 64.2 Å². The topological polar surface area (TPSA) is 191 Å². The number of nitrogens with one attached hydrogen (secondary N) is 1. The zero-order valence-electron chi connectivity index (χ0n) is 20.0. The van der Waals surface area contributed by atoms with E-state index < -0.39 is 11.9 Å². The summed E-state index contributed by atoms with van der Waals surface area (Å²) >= 11 is 0. The Kier molecular flexibility index (Phi) is 36.1. The molecule has 0 unspecified atom stereocenters. The van der Waals surface area contributed by atoms with Gasteiger partial charge in [0.15, 0.2) is 0 Å². The fraction of sp³-hybridized carbons (Fsp3) is 0.909. The predicted octanol–water partition coefficient (Wildman–Crippen LogP) is -0.117. The third-order valence-corrected chi connectivity index (χ3v) is 4.36. The van der Waals surface area contributed by atoms with Crippen LogP contribution >= 0.6 is 0 Å². The van der Waals surface area contributed by atoms with Gasteiger partial charge in [-0.1, -0.05) is 38.5 Å². The highest BCUT2D eigenvalue weighted by molar-refractivity contribution is 5.66. The van der Waals surface area contributed by atoms with Crippen LogP contribution in [-0.2, 0) is 9.59 Å². The van der Waals surface area contributed by atoms with Crippen LogP contribution in [0.4, 0.5) is 0 Å². The number of carboxylic acid groups (broad SMARTS) is 2. The van der Waals surface area contributed by atoms with Crippen LogP contribution in [0, 0.1) is 0 Å². The number of aliphatic hydroxyl groups is 5. The molecule has 0 spiro atoms. The maximum Gasteiger partial charge on any atom is 0.303 e. The van der Waals surface area contributed by atoms with Gasteiger partial charge in [0.2, 0.25) is 0 Å². The molecule has 0 aliphatic heterocycles. The van der Waals surface area contributed by atoms with Crippen LogP contribution < -0.4 is 5.32 Å². The molecule has 33 heavy (non-hydrogen) atoms. The minimum atomic E-state index is -0.714. The van der Waals surface area contributed by atoms with Gasteiger partial charge in [-0.25, -0.2) is 0 Å². The van der Waals surface area contributed by atoms with E-state index >= 15 is 0 Å². The van der Waals surface area contributed by atoms with Crippen LogP contribution in [0.15, 0.2) is 0 Å². The van der Waals surface area contributed by atoms with Crippen molar-refractivity contribution in [1.29, 1.82) is 0 Å². The van der Waals surface area contributed by atoms with E-state index in [9.17, 15) is 9.59 Å². The Labute approximate surface area is 198 Å². The fourth-order valence-corrected chi connectivity index (χ4v) is 2.66. The second-order valence-electron chi connectivity index (χ2n) is 7.33. The number of hydrogen-bond acceptors (Lipinski definition) is 9. The van der Waals surface area contributed by atoms with E-state index in [0.717, 1.165) is 51.4 Å². The van der Waals surface area contributed by atoms with Gasteiger partial charge < -0.3 is 41.1 Å². The molecule has 11 heteroatoms. The molecule has 0 saturated heterocycles. The van der Waals surface area contributed by atoms with Crippen molar-refractivity contribution in [3.8, 4) is 0 Å². The number of aliphatic carboxylic acids is 2. The van der Waals surface area contributed by atoms with Crippen molar-refractivity contribution >= 4 is 11.9 Å². The molecule has 0 aliphatic carbocycles. The minimum Gasteiger partial charge on any atom is -0.481 e. The maximum atomic E-state index is 10.2. The zero-order chi connectivity index (χ0) is 25.6. The summed E-state index contributed by atoms with van der Waals surface area (Å²) in [6, 6.07) is 0. The lowest BCUT2D eigenvalue weighted by molar-refractivity contribution is -0.138. The molecule has 0 aliphatic rings. The highest BCUT2D eigenvalue weighted by atomic mass is 16.4. The molecule has 0 bridgehead atoms. The summed E-state index contributed by atoms with van der Waals surface area (Å²) in [6.45, 7) is 3.17. The molecule has 0 rings (SSSR count). The van der Waals surface area contributed by atoms with Gasteiger partial charge in [-0.3, -0.25) is 14.5 Å². The summed E-state index contributed by atoms with van der Waals surface area (Å²) in [6.07, 6.45) is 8.51. The molecule has 0 aromatic rings. The standard InChI is InChI=1S/C12H22O4.C6H15NO3.C4H11NO2/c13-11(14)9-7-5-3-1-2-4-6-8-10-12(15)16;8-4-1-7(2-5-9)3-6-10;6-3-1-5-2-4-7/h1-10H2,(H,13,14)(H,15,16);8-10H,1-6H2;5-7H,1-4H2. The average Bonchev–Trinajstić information content (AvgIpc) is 2.76. The Morgan fingerprint density at radius 3 is 1.06 bits per heavy atom. The molecular formula is C22H48N2O9. The molecule has 0 saturated carbocycles. The SMILES string of the molecule is O=C(O)CCCCCCCCCCC(=O)O.OCCN(CCO)CCO.OCCNCCO. The maximum absolute atomic E-state index is 10.2. The number of rotatable bonds is 21. The van der Waals surface area contributed by atoms with Crippen molar-refractivity contribution in [2.75, 3.05) is 65.8 Å². The van der Waals surface area contributed by atoms with Crippen LogP contribution in [0.2, 0.25) is 0 Å². The Balaban J connectivity index is -0.000000451. The van der Waals surface area contributed by atoms with Gasteiger partial charge in [0, 0.05) is 45.6 Å². The van der Waals surface area contributed by atoms with E-state index in [1.54, 1.807) is 4.90 Å². The molecule has 0 fully saturated rings. The first-order valence-electron chi connectivity index (χ1n) is 11.8. The molecule has 0 heterocycles. The largest absolute Gasteiger partial charge is 0.481 e. The summed E-state index contributed by atoms with van der Waals surface area (Å²) in [5.74, 6) is -1.43. The zero-order valence-corrected chi connectivity index (χ0v) is 20.0. The van der Waals surface area contributed by atoms with Gasteiger partial charge in [0.25, 0.3) is 0 Å². The van der Waals surface area contributed by atoms with Gasteiger partial charge in [-0.05, 0) is 12.8 Å². The molecule has 200 valence electrons. The molecule has 0 aromatic carbocycles. The number of hydrogen-bond donors (Lipinski definition) is 8. The van der Waals surface area contributed by atoms with Crippen LogP contribution in [0.3, 0.4) is 0 Å². The van der Waals surface area contributed by atoms with E-state index in [4.69, 9.17) is 35.7 Å². The molecule has 8 N–H and O–H groups in total. The second kappa shape index (κ2) is 32.8. The lowest BCUT2D eigenvalue weighted by atomic mass is 10.1.